The normalized spacial score (nSPS) is 11.6. The second-order valence-electron chi connectivity index (χ2n) is 3.96. The Bertz CT molecular complexity index is 345. The van der Waals surface area contributed by atoms with Crippen molar-refractivity contribution in [2.75, 3.05) is 6.54 Å². The fourth-order valence-electron chi connectivity index (χ4n) is 1.57. The van der Waals surface area contributed by atoms with Crippen LogP contribution >= 0.6 is 0 Å². The van der Waals surface area contributed by atoms with Crippen molar-refractivity contribution in [3.8, 4) is 0 Å². The van der Waals surface area contributed by atoms with Gasteiger partial charge in [0, 0.05) is 13.0 Å². The molecule has 0 atom stereocenters. The lowest BCUT2D eigenvalue weighted by Gasteiger charge is -2.06. The zero-order valence-corrected chi connectivity index (χ0v) is 10.2. The van der Waals surface area contributed by atoms with E-state index < -0.39 is 0 Å². The summed E-state index contributed by atoms with van der Waals surface area (Å²) in [5.74, 6) is 6.32. The molecule has 3 heteroatoms. The first-order valence-corrected chi connectivity index (χ1v) is 5.81. The maximum atomic E-state index is 5.43. The Labute approximate surface area is 97.7 Å². The predicted octanol–water partition coefficient (Wildman–Crippen LogP) is 2.20. The Morgan fingerprint density at radius 2 is 2.25 bits per heavy atom. The van der Waals surface area contributed by atoms with E-state index in [4.69, 9.17) is 5.84 Å². The van der Waals surface area contributed by atoms with Gasteiger partial charge in [-0.1, -0.05) is 36.8 Å². The molecule has 0 aromatic heterocycles. The third kappa shape index (κ3) is 4.45. The van der Waals surface area contributed by atoms with Gasteiger partial charge in [0.2, 0.25) is 0 Å². The average Bonchev–Trinajstić information content (AvgIpc) is 2.29. The highest BCUT2D eigenvalue weighted by Crippen LogP contribution is 2.06. The maximum absolute atomic E-state index is 5.43. The van der Waals surface area contributed by atoms with Crippen molar-refractivity contribution in [1.82, 2.24) is 5.43 Å². The van der Waals surface area contributed by atoms with Gasteiger partial charge in [-0.05, 0) is 25.3 Å². The van der Waals surface area contributed by atoms with Crippen molar-refractivity contribution >= 4 is 5.84 Å². The first-order chi connectivity index (χ1) is 7.76. The van der Waals surface area contributed by atoms with Crippen LogP contribution in [0.2, 0.25) is 0 Å². The fourth-order valence-corrected chi connectivity index (χ4v) is 1.57. The number of nitrogens with one attached hydrogen (secondary N) is 1. The lowest BCUT2D eigenvalue weighted by atomic mass is 10.1. The maximum Gasteiger partial charge on any atom is 0.111 e. The largest absolute Gasteiger partial charge is 0.312 e. The summed E-state index contributed by atoms with van der Waals surface area (Å²) in [6, 6.07) is 8.54. The van der Waals surface area contributed by atoms with E-state index in [1.165, 1.54) is 11.1 Å². The number of hydrogen-bond donors (Lipinski definition) is 2. The molecule has 0 bridgehead atoms. The van der Waals surface area contributed by atoms with Crippen LogP contribution in [0, 0.1) is 6.92 Å². The first-order valence-electron chi connectivity index (χ1n) is 5.81. The van der Waals surface area contributed by atoms with E-state index in [1.54, 1.807) is 0 Å². The van der Waals surface area contributed by atoms with Crippen LogP contribution in [0.5, 0.6) is 0 Å². The molecule has 0 aliphatic carbocycles. The number of aliphatic imine (C=N–C) groups is 1. The molecule has 1 rings (SSSR count). The SMILES string of the molecule is CCCN=C(CCc1cccc(C)c1)NN. The number of hydrogen-bond acceptors (Lipinski definition) is 2. The number of amidine groups is 1. The van der Waals surface area contributed by atoms with Gasteiger partial charge in [0.05, 0.1) is 0 Å². The van der Waals surface area contributed by atoms with Gasteiger partial charge < -0.3 is 5.43 Å². The van der Waals surface area contributed by atoms with E-state index in [0.717, 1.165) is 31.6 Å². The third-order valence-electron chi connectivity index (χ3n) is 2.43. The summed E-state index contributed by atoms with van der Waals surface area (Å²) >= 11 is 0. The van der Waals surface area contributed by atoms with Crippen LogP contribution in [-0.2, 0) is 6.42 Å². The Morgan fingerprint density at radius 3 is 2.88 bits per heavy atom. The molecule has 0 aliphatic heterocycles. The topological polar surface area (TPSA) is 50.4 Å². The van der Waals surface area contributed by atoms with E-state index >= 15 is 0 Å². The average molecular weight is 219 g/mol. The molecule has 0 spiro atoms. The van der Waals surface area contributed by atoms with Crippen molar-refractivity contribution < 1.29 is 0 Å². The van der Waals surface area contributed by atoms with Crippen molar-refractivity contribution in [2.45, 2.75) is 33.1 Å². The van der Waals surface area contributed by atoms with Crippen molar-refractivity contribution in [3.05, 3.63) is 35.4 Å². The van der Waals surface area contributed by atoms with Crippen molar-refractivity contribution in [2.24, 2.45) is 10.8 Å². The second kappa shape index (κ2) is 7.01. The molecule has 0 amide bonds. The van der Waals surface area contributed by atoms with E-state index in [0.29, 0.717) is 0 Å². The first kappa shape index (κ1) is 12.7. The van der Waals surface area contributed by atoms with Crippen molar-refractivity contribution in [1.29, 1.82) is 0 Å². The van der Waals surface area contributed by atoms with E-state index in [-0.39, 0.29) is 0 Å². The van der Waals surface area contributed by atoms with Crippen LogP contribution in [-0.4, -0.2) is 12.4 Å². The van der Waals surface area contributed by atoms with E-state index in [9.17, 15) is 0 Å². The summed E-state index contributed by atoms with van der Waals surface area (Å²) in [6.45, 7) is 5.06. The predicted molar refractivity (Wildman–Crippen MR) is 69.4 cm³/mol. The van der Waals surface area contributed by atoms with Gasteiger partial charge in [0.25, 0.3) is 0 Å². The molecule has 3 N–H and O–H groups in total. The van der Waals surface area contributed by atoms with Gasteiger partial charge in [-0.2, -0.15) is 0 Å². The number of aryl methyl sites for hydroxylation is 2. The summed E-state index contributed by atoms with van der Waals surface area (Å²) in [5.41, 5.74) is 5.30. The molecule has 88 valence electrons. The zero-order valence-electron chi connectivity index (χ0n) is 10.2. The Hall–Kier alpha value is -1.35. The third-order valence-corrected chi connectivity index (χ3v) is 2.43. The second-order valence-corrected chi connectivity index (χ2v) is 3.96. The highest BCUT2D eigenvalue weighted by Gasteiger charge is 1.98. The van der Waals surface area contributed by atoms with Gasteiger partial charge >= 0.3 is 0 Å². The van der Waals surface area contributed by atoms with Crippen LogP contribution in [0.1, 0.15) is 30.9 Å². The summed E-state index contributed by atoms with van der Waals surface area (Å²) in [5, 5.41) is 0. The fraction of sp³-hybridized carbons (Fsp3) is 0.462. The summed E-state index contributed by atoms with van der Waals surface area (Å²) < 4.78 is 0. The minimum Gasteiger partial charge on any atom is -0.312 e. The van der Waals surface area contributed by atoms with Gasteiger partial charge in [0.15, 0.2) is 0 Å². The minimum atomic E-state index is 0.841. The Kier molecular flexibility index (Phi) is 5.57. The minimum absolute atomic E-state index is 0.841. The monoisotopic (exact) mass is 219 g/mol. The molecule has 0 aliphatic rings. The number of rotatable bonds is 5. The number of nitrogens with two attached hydrogens (primary N) is 1. The smallest absolute Gasteiger partial charge is 0.111 e. The molecule has 16 heavy (non-hydrogen) atoms. The zero-order chi connectivity index (χ0) is 11.8. The number of benzene rings is 1. The molecule has 0 saturated carbocycles. The summed E-state index contributed by atoms with van der Waals surface area (Å²) in [7, 11) is 0. The molecular formula is C13H21N3. The lowest BCUT2D eigenvalue weighted by molar-refractivity contribution is 0.869. The molecule has 0 radical (unpaired) electrons. The van der Waals surface area contributed by atoms with Crippen LogP contribution in [0.15, 0.2) is 29.3 Å². The Morgan fingerprint density at radius 1 is 1.44 bits per heavy atom. The standard InChI is InChI=1S/C13H21N3/c1-3-9-15-13(16-14)8-7-12-6-4-5-11(2)10-12/h4-6,10H,3,7-9,14H2,1-2H3,(H,15,16). The van der Waals surface area contributed by atoms with Crippen LogP contribution in [0.25, 0.3) is 0 Å². The molecule has 3 nitrogen and oxygen atoms in total. The molecule has 0 unspecified atom stereocenters. The lowest BCUT2D eigenvalue weighted by Crippen LogP contribution is -2.30. The van der Waals surface area contributed by atoms with E-state index in [1.807, 2.05) is 0 Å². The molecule has 1 aromatic rings. The van der Waals surface area contributed by atoms with Crippen LogP contribution in [0.4, 0.5) is 0 Å². The van der Waals surface area contributed by atoms with Gasteiger partial charge in [-0.3, -0.25) is 4.99 Å². The van der Waals surface area contributed by atoms with Gasteiger partial charge in [-0.25, -0.2) is 5.84 Å². The highest BCUT2D eigenvalue weighted by atomic mass is 15.2. The molecular weight excluding hydrogens is 198 g/mol. The molecule has 0 saturated heterocycles. The highest BCUT2D eigenvalue weighted by molar-refractivity contribution is 5.81. The Balaban J connectivity index is 2.49. The van der Waals surface area contributed by atoms with Crippen LogP contribution < -0.4 is 11.3 Å². The number of hydrazine groups is 1. The molecule has 0 heterocycles. The number of nitrogens with zero attached hydrogens (tertiary/aromatic N) is 1. The van der Waals surface area contributed by atoms with Crippen molar-refractivity contribution in [3.63, 3.8) is 0 Å². The summed E-state index contributed by atoms with van der Waals surface area (Å²) in [4.78, 5) is 4.38. The van der Waals surface area contributed by atoms with Gasteiger partial charge in [0.1, 0.15) is 5.84 Å². The van der Waals surface area contributed by atoms with E-state index in [2.05, 4.69) is 48.5 Å². The van der Waals surface area contributed by atoms with Gasteiger partial charge in [-0.15, -0.1) is 0 Å². The summed E-state index contributed by atoms with van der Waals surface area (Å²) in [6.07, 6.45) is 2.91. The molecule has 1 aromatic carbocycles. The quantitative estimate of drug-likeness (QED) is 0.345. The molecule has 0 fully saturated rings. The van der Waals surface area contributed by atoms with Crippen LogP contribution in [0.3, 0.4) is 0 Å².